The molecule has 1 amide bonds. The number of anilines is 1. The molecule has 0 aliphatic carbocycles. The Bertz CT molecular complexity index is 384. The first-order chi connectivity index (χ1) is 7.04. The van der Waals surface area contributed by atoms with Crippen molar-refractivity contribution in [2.75, 3.05) is 11.9 Å². The number of rotatable bonds is 3. The quantitative estimate of drug-likeness (QED) is 0.741. The van der Waals surface area contributed by atoms with Crippen molar-refractivity contribution in [3.05, 3.63) is 12.0 Å². The lowest BCUT2D eigenvalue weighted by atomic mass is 10.6. The molecule has 1 N–H and O–H groups in total. The van der Waals surface area contributed by atoms with Crippen molar-refractivity contribution in [3.8, 4) is 0 Å². The summed E-state index contributed by atoms with van der Waals surface area (Å²) < 4.78 is 6.30. The Morgan fingerprint density at radius 2 is 2.27 bits per heavy atom. The molecule has 0 spiro atoms. The van der Waals surface area contributed by atoms with Gasteiger partial charge in [0.1, 0.15) is 0 Å². The summed E-state index contributed by atoms with van der Waals surface area (Å²) in [6.45, 7) is 3.38. The molecule has 1 aromatic heterocycles. The van der Waals surface area contributed by atoms with Crippen molar-refractivity contribution in [3.63, 3.8) is 0 Å². The van der Waals surface area contributed by atoms with Crippen LogP contribution in [0.15, 0.2) is 6.20 Å². The molecule has 0 unspecified atom stereocenters. The number of carbonyl (C=O) groups is 2. The molecule has 1 rings (SSSR count). The van der Waals surface area contributed by atoms with E-state index in [4.69, 9.17) is 4.74 Å². The highest BCUT2D eigenvalue weighted by Gasteiger charge is 2.14. The zero-order valence-corrected chi connectivity index (χ0v) is 8.90. The standard InChI is InChI=1S/C9H13N3O3/c1-4-15-9(14)8-11-7(5-12(8)3)10-6(2)13/h5H,4H2,1-3H3,(H,10,13). The molecule has 1 heterocycles. The number of amides is 1. The van der Waals surface area contributed by atoms with Gasteiger partial charge in [-0.05, 0) is 6.92 Å². The molecule has 1 aromatic rings. The van der Waals surface area contributed by atoms with Gasteiger partial charge in [-0.3, -0.25) is 4.79 Å². The Hall–Kier alpha value is -1.85. The fourth-order valence-electron chi connectivity index (χ4n) is 1.09. The normalized spacial score (nSPS) is 9.80. The molecule has 6 nitrogen and oxygen atoms in total. The van der Waals surface area contributed by atoms with E-state index in [1.54, 1.807) is 20.2 Å². The highest BCUT2D eigenvalue weighted by molar-refractivity contribution is 5.90. The molecule has 0 aliphatic heterocycles. The molecular weight excluding hydrogens is 198 g/mol. The maximum absolute atomic E-state index is 11.3. The lowest BCUT2D eigenvalue weighted by Crippen LogP contribution is -2.11. The van der Waals surface area contributed by atoms with Crippen molar-refractivity contribution in [2.45, 2.75) is 13.8 Å². The molecule has 0 aliphatic rings. The van der Waals surface area contributed by atoms with Crippen LogP contribution in [-0.4, -0.2) is 28.0 Å². The third kappa shape index (κ3) is 2.80. The Kier molecular flexibility index (Phi) is 3.43. The van der Waals surface area contributed by atoms with Crippen molar-refractivity contribution in [1.29, 1.82) is 0 Å². The second-order valence-electron chi connectivity index (χ2n) is 2.96. The minimum absolute atomic E-state index is 0.167. The largest absolute Gasteiger partial charge is 0.460 e. The second-order valence-corrected chi connectivity index (χ2v) is 2.96. The number of esters is 1. The van der Waals surface area contributed by atoms with Crippen LogP contribution in [-0.2, 0) is 16.6 Å². The van der Waals surface area contributed by atoms with E-state index in [0.717, 1.165) is 0 Å². The van der Waals surface area contributed by atoms with E-state index >= 15 is 0 Å². The molecule has 82 valence electrons. The van der Waals surface area contributed by atoms with Gasteiger partial charge < -0.3 is 14.6 Å². The van der Waals surface area contributed by atoms with Crippen molar-refractivity contribution < 1.29 is 14.3 Å². The van der Waals surface area contributed by atoms with Crippen LogP contribution >= 0.6 is 0 Å². The summed E-state index contributed by atoms with van der Waals surface area (Å²) >= 11 is 0. The Balaban J connectivity index is 2.86. The van der Waals surface area contributed by atoms with Crippen LogP contribution in [0.25, 0.3) is 0 Å². The Labute approximate surface area is 87.2 Å². The van der Waals surface area contributed by atoms with Crippen LogP contribution in [0.2, 0.25) is 0 Å². The third-order valence-electron chi connectivity index (χ3n) is 1.64. The molecule has 6 heteroatoms. The Morgan fingerprint density at radius 1 is 1.60 bits per heavy atom. The summed E-state index contributed by atoms with van der Waals surface area (Å²) in [6.07, 6.45) is 1.55. The minimum Gasteiger partial charge on any atom is -0.460 e. The van der Waals surface area contributed by atoms with Gasteiger partial charge in [-0.15, -0.1) is 0 Å². The van der Waals surface area contributed by atoms with Gasteiger partial charge in [0.15, 0.2) is 5.82 Å². The maximum Gasteiger partial charge on any atom is 0.374 e. The van der Waals surface area contributed by atoms with Gasteiger partial charge in [-0.2, -0.15) is 0 Å². The van der Waals surface area contributed by atoms with Crippen molar-refractivity contribution in [1.82, 2.24) is 9.55 Å². The summed E-state index contributed by atoms with van der Waals surface area (Å²) in [6, 6.07) is 0. The number of carbonyl (C=O) groups excluding carboxylic acids is 2. The van der Waals surface area contributed by atoms with E-state index < -0.39 is 5.97 Å². The average molecular weight is 211 g/mol. The van der Waals surface area contributed by atoms with Crippen molar-refractivity contribution >= 4 is 17.7 Å². The zero-order valence-electron chi connectivity index (χ0n) is 8.90. The SMILES string of the molecule is CCOC(=O)c1nc(NC(C)=O)cn1C. The van der Waals surface area contributed by atoms with Gasteiger partial charge in [-0.1, -0.05) is 0 Å². The van der Waals surface area contributed by atoms with Crippen LogP contribution in [0.4, 0.5) is 5.82 Å². The first-order valence-electron chi connectivity index (χ1n) is 4.52. The Morgan fingerprint density at radius 3 is 2.80 bits per heavy atom. The van der Waals surface area contributed by atoms with Crippen LogP contribution in [0, 0.1) is 0 Å². The maximum atomic E-state index is 11.3. The molecule has 0 atom stereocenters. The van der Waals surface area contributed by atoms with Gasteiger partial charge >= 0.3 is 5.97 Å². The second kappa shape index (κ2) is 4.59. The van der Waals surface area contributed by atoms with Crippen LogP contribution in [0.1, 0.15) is 24.5 Å². The average Bonchev–Trinajstić information content (AvgIpc) is 2.46. The monoisotopic (exact) mass is 211 g/mol. The van der Waals surface area contributed by atoms with Crippen LogP contribution < -0.4 is 5.32 Å². The summed E-state index contributed by atoms with van der Waals surface area (Å²) in [7, 11) is 1.66. The predicted octanol–water partition coefficient (Wildman–Crippen LogP) is 0.555. The molecule has 0 saturated carbocycles. The number of ether oxygens (including phenoxy) is 1. The van der Waals surface area contributed by atoms with E-state index in [1.807, 2.05) is 0 Å². The molecule has 15 heavy (non-hydrogen) atoms. The first-order valence-corrected chi connectivity index (χ1v) is 4.52. The molecule has 0 aromatic carbocycles. The number of hydrogen-bond donors (Lipinski definition) is 1. The molecule has 0 fully saturated rings. The summed E-state index contributed by atoms with van der Waals surface area (Å²) in [5, 5.41) is 2.48. The first kappa shape index (κ1) is 11.2. The van der Waals surface area contributed by atoms with E-state index in [0.29, 0.717) is 12.4 Å². The number of aromatic nitrogens is 2. The highest BCUT2D eigenvalue weighted by atomic mass is 16.5. The van der Waals surface area contributed by atoms with E-state index in [1.165, 1.54) is 11.5 Å². The molecule has 0 saturated heterocycles. The lowest BCUT2D eigenvalue weighted by Gasteiger charge is -1.99. The van der Waals surface area contributed by atoms with E-state index in [9.17, 15) is 9.59 Å². The highest BCUT2D eigenvalue weighted by Crippen LogP contribution is 2.07. The van der Waals surface area contributed by atoms with Gasteiger partial charge in [0.2, 0.25) is 11.7 Å². The number of nitrogens with one attached hydrogen (secondary N) is 1. The third-order valence-corrected chi connectivity index (χ3v) is 1.64. The van der Waals surface area contributed by atoms with Gasteiger partial charge in [0.25, 0.3) is 0 Å². The van der Waals surface area contributed by atoms with Gasteiger partial charge in [0, 0.05) is 20.2 Å². The van der Waals surface area contributed by atoms with Crippen LogP contribution in [0.5, 0.6) is 0 Å². The number of hydrogen-bond acceptors (Lipinski definition) is 4. The van der Waals surface area contributed by atoms with E-state index in [2.05, 4.69) is 10.3 Å². The number of imidazole rings is 1. The van der Waals surface area contributed by atoms with Gasteiger partial charge in [0.05, 0.1) is 6.61 Å². The minimum atomic E-state index is -0.503. The molecular formula is C9H13N3O3. The smallest absolute Gasteiger partial charge is 0.374 e. The number of aryl methyl sites for hydroxylation is 1. The summed E-state index contributed by atoms with van der Waals surface area (Å²) in [5.74, 6) is -0.228. The van der Waals surface area contributed by atoms with Crippen molar-refractivity contribution in [2.24, 2.45) is 7.05 Å². The topological polar surface area (TPSA) is 73.2 Å². The fraction of sp³-hybridized carbons (Fsp3) is 0.444. The van der Waals surface area contributed by atoms with Gasteiger partial charge in [-0.25, -0.2) is 9.78 Å². The summed E-state index contributed by atoms with van der Waals surface area (Å²) in [5.41, 5.74) is 0. The molecule has 0 bridgehead atoms. The predicted molar refractivity (Wildman–Crippen MR) is 53.5 cm³/mol. The van der Waals surface area contributed by atoms with Crippen LogP contribution in [0.3, 0.4) is 0 Å². The molecule has 0 radical (unpaired) electrons. The summed E-state index contributed by atoms with van der Waals surface area (Å²) in [4.78, 5) is 26.0. The zero-order chi connectivity index (χ0) is 11.4. The number of nitrogens with zero attached hydrogens (tertiary/aromatic N) is 2. The fourth-order valence-corrected chi connectivity index (χ4v) is 1.09. The lowest BCUT2D eigenvalue weighted by molar-refractivity contribution is -0.114. The van der Waals surface area contributed by atoms with E-state index in [-0.39, 0.29) is 11.7 Å².